The van der Waals surface area contributed by atoms with Crippen LogP contribution in [-0.2, 0) is 27.8 Å². The van der Waals surface area contributed by atoms with Crippen molar-refractivity contribution in [1.29, 1.82) is 0 Å². The molecule has 3 rings (SSSR count). The number of aromatic nitrogens is 1. The first-order chi connectivity index (χ1) is 15.8. The maximum Gasteiger partial charge on any atom is 0.253 e. The smallest absolute Gasteiger partial charge is 0.253 e. The van der Waals surface area contributed by atoms with Gasteiger partial charge in [0.2, 0.25) is 15.9 Å². The fourth-order valence-corrected chi connectivity index (χ4v) is 4.21. The number of carbonyl (C=O) groups is 2. The van der Waals surface area contributed by atoms with Gasteiger partial charge < -0.3 is 10.6 Å². The molecule has 1 aromatic heterocycles. The second-order valence-corrected chi connectivity index (χ2v) is 9.30. The Kier molecular flexibility index (Phi) is 7.78. The van der Waals surface area contributed by atoms with E-state index in [4.69, 9.17) is 0 Å². The zero-order valence-corrected chi connectivity index (χ0v) is 19.3. The number of anilines is 2. The van der Waals surface area contributed by atoms with E-state index in [1.807, 2.05) is 25.1 Å². The molecule has 0 radical (unpaired) electrons. The number of rotatable bonds is 9. The van der Waals surface area contributed by atoms with Gasteiger partial charge in [0.15, 0.2) is 0 Å². The van der Waals surface area contributed by atoms with E-state index in [-0.39, 0.29) is 18.0 Å². The lowest BCUT2D eigenvalue weighted by Crippen LogP contribution is -2.38. The van der Waals surface area contributed by atoms with Crippen LogP contribution in [0.2, 0.25) is 0 Å². The lowest BCUT2D eigenvalue weighted by Gasteiger charge is -2.24. The fraction of sp³-hybridized carbons (Fsp3) is 0.208. The number of nitrogens with zero attached hydrogens (tertiary/aromatic N) is 2. The van der Waals surface area contributed by atoms with Crippen LogP contribution in [0.25, 0.3) is 0 Å². The monoisotopic (exact) mass is 466 g/mol. The van der Waals surface area contributed by atoms with E-state index in [1.165, 1.54) is 0 Å². The van der Waals surface area contributed by atoms with Gasteiger partial charge in [0.05, 0.1) is 23.2 Å². The Bertz CT molecular complexity index is 1230. The minimum atomic E-state index is -3.72. The lowest BCUT2D eigenvalue weighted by atomic mass is 10.1. The number of hydrogen-bond donors (Lipinski definition) is 2. The van der Waals surface area contributed by atoms with Gasteiger partial charge in [-0.1, -0.05) is 43.3 Å². The number of benzene rings is 2. The molecule has 2 aromatic carbocycles. The van der Waals surface area contributed by atoms with Crippen molar-refractivity contribution >= 4 is 33.2 Å². The first-order valence-electron chi connectivity index (χ1n) is 10.4. The second kappa shape index (κ2) is 10.7. The molecule has 0 bridgehead atoms. The second-order valence-electron chi connectivity index (χ2n) is 7.39. The van der Waals surface area contributed by atoms with Crippen molar-refractivity contribution in [1.82, 2.24) is 10.3 Å². The molecule has 0 spiro atoms. The number of hydrogen-bond acceptors (Lipinski definition) is 5. The van der Waals surface area contributed by atoms with Gasteiger partial charge in [-0.15, -0.1) is 0 Å². The maximum atomic E-state index is 12.8. The van der Waals surface area contributed by atoms with Crippen molar-refractivity contribution in [2.75, 3.05) is 22.4 Å². The number of aryl methyl sites for hydroxylation is 1. The molecule has 2 amide bonds. The van der Waals surface area contributed by atoms with E-state index in [1.54, 1.807) is 54.9 Å². The van der Waals surface area contributed by atoms with Crippen molar-refractivity contribution < 1.29 is 18.0 Å². The molecule has 0 fully saturated rings. The summed E-state index contributed by atoms with van der Waals surface area (Å²) in [5.74, 6) is -0.926. The van der Waals surface area contributed by atoms with Gasteiger partial charge in [0, 0.05) is 18.9 Å². The number of para-hydroxylation sites is 2. The molecule has 33 heavy (non-hydrogen) atoms. The van der Waals surface area contributed by atoms with Crippen LogP contribution in [-0.4, -0.2) is 38.0 Å². The Morgan fingerprint density at radius 3 is 2.42 bits per heavy atom. The highest BCUT2D eigenvalue weighted by Gasteiger charge is 2.23. The largest absolute Gasteiger partial charge is 0.348 e. The average Bonchev–Trinajstić information content (AvgIpc) is 2.81. The zero-order chi connectivity index (χ0) is 23.8. The normalized spacial score (nSPS) is 11.0. The molecular formula is C24H26N4O4S. The van der Waals surface area contributed by atoms with Gasteiger partial charge in [0.25, 0.3) is 5.91 Å². The van der Waals surface area contributed by atoms with Crippen LogP contribution in [0.15, 0.2) is 73.1 Å². The predicted molar refractivity (Wildman–Crippen MR) is 128 cm³/mol. The summed E-state index contributed by atoms with van der Waals surface area (Å²) in [4.78, 5) is 29.6. The van der Waals surface area contributed by atoms with Crippen LogP contribution in [0.4, 0.5) is 11.4 Å². The standard InChI is InChI=1S/C24H26N4O4S/c1-3-19-10-4-7-13-22(19)28(33(2,31)32)17-23(29)27-21-12-6-5-11-20(21)24(30)26-16-18-9-8-14-25-15-18/h4-15H,3,16-17H2,1-2H3,(H,26,30)(H,27,29). The minimum absolute atomic E-state index is 0.273. The number of pyridine rings is 1. The van der Waals surface area contributed by atoms with Crippen molar-refractivity contribution in [3.05, 3.63) is 89.7 Å². The summed E-state index contributed by atoms with van der Waals surface area (Å²) in [5, 5.41) is 5.48. The van der Waals surface area contributed by atoms with Crippen LogP contribution in [0.3, 0.4) is 0 Å². The first kappa shape index (κ1) is 23.9. The third kappa shape index (κ3) is 6.39. The highest BCUT2D eigenvalue weighted by atomic mass is 32.2. The SMILES string of the molecule is CCc1ccccc1N(CC(=O)Nc1ccccc1C(=O)NCc1cccnc1)S(C)(=O)=O. The van der Waals surface area contributed by atoms with E-state index in [0.717, 1.165) is 21.7 Å². The molecule has 3 aromatic rings. The molecule has 0 unspecified atom stereocenters. The topological polar surface area (TPSA) is 108 Å². The summed E-state index contributed by atoms with van der Waals surface area (Å²) in [5.41, 5.74) is 2.68. The van der Waals surface area contributed by atoms with Gasteiger partial charge >= 0.3 is 0 Å². The molecule has 1 heterocycles. The predicted octanol–water partition coefficient (Wildman–Crippen LogP) is 2.98. The van der Waals surface area contributed by atoms with Crippen LogP contribution >= 0.6 is 0 Å². The molecule has 0 aliphatic rings. The molecule has 0 saturated carbocycles. The molecular weight excluding hydrogens is 440 g/mol. The maximum absolute atomic E-state index is 12.8. The van der Waals surface area contributed by atoms with E-state index in [9.17, 15) is 18.0 Å². The van der Waals surface area contributed by atoms with Crippen molar-refractivity contribution in [3.63, 3.8) is 0 Å². The Labute approximate surface area is 193 Å². The summed E-state index contributed by atoms with van der Waals surface area (Å²) in [6, 6.07) is 17.2. The van der Waals surface area contributed by atoms with E-state index < -0.39 is 22.5 Å². The summed E-state index contributed by atoms with van der Waals surface area (Å²) >= 11 is 0. The third-order valence-electron chi connectivity index (χ3n) is 4.95. The fourth-order valence-electron chi connectivity index (χ4n) is 3.32. The van der Waals surface area contributed by atoms with Crippen molar-refractivity contribution in [2.24, 2.45) is 0 Å². The Morgan fingerprint density at radius 2 is 1.73 bits per heavy atom. The molecule has 0 aliphatic carbocycles. The lowest BCUT2D eigenvalue weighted by molar-refractivity contribution is -0.114. The molecule has 0 saturated heterocycles. The molecule has 172 valence electrons. The number of sulfonamides is 1. The molecule has 9 heteroatoms. The Hall–Kier alpha value is -3.72. The summed E-state index contributed by atoms with van der Waals surface area (Å²) in [6.07, 6.45) is 4.98. The number of carbonyl (C=O) groups excluding carboxylic acids is 2. The third-order valence-corrected chi connectivity index (χ3v) is 6.08. The average molecular weight is 467 g/mol. The van der Waals surface area contributed by atoms with Gasteiger partial charge in [-0.3, -0.25) is 18.9 Å². The summed E-state index contributed by atoms with van der Waals surface area (Å²) in [7, 11) is -3.72. The molecule has 0 atom stereocenters. The van der Waals surface area contributed by atoms with E-state index in [2.05, 4.69) is 15.6 Å². The van der Waals surface area contributed by atoms with Gasteiger partial charge in [-0.05, 0) is 41.8 Å². The van der Waals surface area contributed by atoms with Crippen LogP contribution in [0.5, 0.6) is 0 Å². The first-order valence-corrected chi connectivity index (χ1v) is 12.3. The number of nitrogens with one attached hydrogen (secondary N) is 2. The highest BCUT2D eigenvalue weighted by molar-refractivity contribution is 7.92. The highest BCUT2D eigenvalue weighted by Crippen LogP contribution is 2.24. The zero-order valence-electron chi connectivity index (χ0n) is 18.5. The van der Waals surface area contributed by atoms with Crippen LogP contribution < -0.4 is 14.9 Å². The Morgan fingerprint density at radius 1 is 1.00 bits per heavy atom. The number of amides is 2. The van der Waals surface area contributed by atoms with E-state index >= 15 is 0 Å². The van der Waals surface area contributed by atoms with E-state index in [0.29, 0.717) is 17.8 Å². The quantitative estimate of drug-likeness (QED) is 0.504. The van der Waals surface area contributed by atoms with Crippen LogP contribution in [0, 0.1) is 0 Å². The van der Waals surface area contributed by atoms with Gasteiger partial charge in [-0.2, -0.15) is 0 Å². The molecule has 8 nitrogen and oxygen atoms in total. The summed E-state index contributed by atoms with van der Waals surface area (Å²) < 4.78 is 26.0. The van der Waals surface area contributed by atoms with Crippen molar-refractivity contribution in [3.8, 4) is 0 Å². The van der Waals surface area contributed by atoms with Gasteiger partial charge in [-0.25, -0.2) is 8.42 Å². The van der Waals surface area contributed by atoms with Crippen molar-refractivity contribution in [2.45, 2.75) is 19.9 Å². The molecule has 0 aliphatic heterocycles. The minimum Gasteiger partial charge on any atom is -0.348 e. The van der Waals surface area contributed by atoms with Gasteiger partial charge in [0.1, 0.15) is 6.54 Å². The Balaban J connectivity index is 1.76. The molecule has 2 N–H and O–H groups in total. The summed E-state index contributed by atoms with van der Waals surface area (Å²) in [6.45, 7) is 1.78. The van der Waals surface area contributed by atoms with Crippen LogP contribution in [0.1, 0.15) is 28.4 Å².